The molecule has 2 aliphatic rings. The Hall–Kier alpha value is -0.570. The molecule has 0 radical (unpaired) electrons. The number of halogens is 1. The Bertz CT molecular complexity index is 421. The summed E-state index contributed by atoms with van der Waals surface area (Å²) in [6.07, 6.45) is 2.73. The smallest absolute Gasteiger partial charge is 0.0451 e. The number of hydrogen-bond acceptors (Lipinski definition) is 2. The van der Waals surface area contributed by atoms with Crippen molar-refractivity contribution in [2.45, 2.75) is 38.4 Å². The van der Waals surface area contributed by atoms with Crippen LogP contribution in [0.15, 0.2) is 24.3 Å². The van der Waals surface area contributed by atoms with Gasteiger partial charge in [0.05, 0.1) is 0 Å². The standard InChI is InChI=1S/C15H21ClN2/c1-12-15-7-4-8-17(15)9-10-18(12)11-13-5-2-3-6-14(13)16/h2-3,5-6,12,15H,4,7-11H2,1H3/t12-,15+/m0/s1. The summed E-state index contributed by atoms with van der Waals surface area (Å²) in [7, 11) is 0. The number of nitrogens with zero attached hydrogens (tertiary/aromatic N) is 2. The van der Waals surface area contributed by atoms with E-state index < -0.39 is 0 Å². The van der Waals surface area contributed by atoms with Gasteiger partial charge in [-0.2, -0.15) is 0 Å². The molecule has 0 bridgehead atoms. The van der Waals surface area contributed by atoms with Gasteiger partial charge in [0.25, 0.3) is 0 Å². The molecule has 1 aromatic carbocycles. The molecule has 0 saturated carbocycles. The molecule has 98 valence electrons. The fraction of sp³-hybridized carbons (Fsp3) is 0.600. The lowest BCUT2D eigenvalue weighted by Gasteiger charge is -2.43. The Kier molecular flexibility index (Phi) is 3.60. The summed E-state index contributed by atoms with van der Waals surface area (Å²) < 4.78 is 0. The van der Waals surface area contributed by atoms with Crippen LogP contribution in [0.25, 0.3) is 0 Å². The first-order valence-corrected chi connectivity index (χ1v) is 7.35. The van der Waals surface area contributed by atoms with E-state index in [1.807, 2.05) is 12.1 Å². The monoisotopic (exact) mass is 264 g/mol. The predicted octanol–water partition coefficient (Wildman–Crippen LogP) is 3.01. The quantitative estimate of drug-likeness (QED) is 0.810. The molecule has 0 N–H and O–H groups in total. The first kappa shape index (κ1) is 12.5. The molecular weight excluding hydrogens is 244 g/mol. The summed E-state index contributed by atoms with van der Waals surface area (Å²) in [4.78, 5) is 5.25. The average Bonchev–Trinajstić information content (AvgIpc) is 2.84. The Morgan fingerprint density at radius 3 is 2.89 bits per heavy atom. The van der Waals surface area contributed by atoms with Crippen LogP contribution in [0.1, 0.15) is 25.3 Å². The van der Waals surface area contributed by atoms with Crippen molar-refractivity contribution in [3.8, 4) is 0 Å². The second kappa shape index (κ2) is 5.20. The van der Waals surface area contributed by atoms with Crippen molar-refractivity contribution in [1.82, 2.24) is 9.80 Å². The molecule has 0 unspecified atom stereocenters. The zero-order valence-electron chi connectivity index (χ0n) is 11.0. The van der Waals surface area contributed by atoms with Crippen LogP contribution in [0.3, 0.4) is 0 Å². The van der Waals surface area contributed by atoms with Gasteiger partial charge in [-0.25, -0.2) is 0 Å². The highest BCUT2D eigenvalue weighted by Gasteiger charge is 2.36. The van der Waals surface area contributed by atoms with Crippen LogP contribution < -0.4 is 0 Å². The van der Waals surface area contributed by atoms with Crippen molar-refractivity contribution in [2.24, 2.45) is 0 Å². The molecule has 2 saturated heterocycles. The first-order chi connectivity index (χ1) is 8.75. The summed E-state index contributed by atoms with van der Waals surface area (Å²) in [5.41, 5.74) is 1.26. The maximum absolute atomic E-state index is 6.27. The Morgan fingerprint density at radius 2 is 2.06 bits per heavy atom. The summed E-state index contributed by atoms with van der Waals surface area (Å²) in [6.45, 7) is 7.06. The highest BCUT2D eigenvalue weighted by Crippen LogP contribution is 2.28. The number of hydrogen-bond donors (Lipinski definition) is 0. The lowest BCUT2D eigenvalue weighted by molar-refractivity contribution is 0.0470. The lowest BCUT2D eigenvalue weighted by Crippen LogP contribution is -2.55. The van der Waals surface area contributed by atoms with Gasteiger partial charge in [0, 0.05) is 36.7 Å². The van der Waals surface area contributed by atoms with E-state index in [0.717, 1.165) is 17.6 Å². The highest BCUT2D eigenvalue weighted by atomic mass is 35.5. The molecule has 2 nitrogen and oxygen atoms in total. The molecule has 3 rings (SSSR count). The molecule has 2 aliphatic heterocycles. The first-order valence-electron chi connectivity index (χ1n) is 6.97. The van der Waals surface area contributed by atoms with Crippen molar-refractivity contribution in [3.63, 3.8) is 0 Å². The Balaban J connectivity index is 1.72. The van der Waals surface area contributed by atoms with Crippen molar-refractivity contribution >= 4 is 11.6 Å². The fourth-order valence-corrected chi connectivity index (χ4v) is 3.64. The molecule has 2 heterocycles. The van der Waals surface area contributed by atoms with Gasteiger partial charge in [-0.15, -0.1) is 0 Å². The predicted molar refractivity (Wildman–Crippen MR) is 75.9 cm³/mol. The lowest BCUT2D eigenvalue weighted by atomic mass is 10.0. The minimum Gasteiger partial charge on any atom is -0.298 e. The minimum absolute atomic E-state index is 0.650. The van der Waals surface area contributed by atoms with E-state index in [1.54, 1.807) is 0 Å². The topological polar surface area (TPSA) is 6.48 Å². The average molecular weight is 265 g/mol. The minimum atomic E-state index is 0.650. The van der Waals surface area contributed by atoms with Gasteiger partial charge in [0.2, 0.25) is 0 Å². The van der Waals surface area contributed by atoms with Gasteiger partial charge < -0.3 is 0 Å². The van der Waals surface area contributed by atoms with E-state index in [9.17, 15) is 0 Å². The maximum Gasteiger partial charge on any atom is 0.0451 e. The maximum atomic E-state index is 6.27. The molecule has 0 aromatic heterocycles. The second-order valence-corrected chi connectivity index (χ2v) is 5.96. The summed E-state index contributed by atoms with van der Waals surface area (Å²) in [6, 6.07) is 9.64. The van der Waals surface area contributed by atoms with Crippen LogP contribution in [0.4, 0.5) is 0 Å². The summed E-state index contributed by atoms with van der Waals surface area (Å²) >= 11 is 6.27. The van der Waals surface area contributed by atoms with Crippen molar-refractivity contribution in [1.29, 1.82) is 0 Å². The zero-order chi connectivity index (χ0) is 12.5. The third-order valence-corrected chi connectivity index (χ3v) is 4.92. The van der Waals surface area contributed by atoms with Gasteiger partial charge in [-0.3, -0.25) is 9.80 Å². The van der Waals surface area contributed by atoms with Crippen LogP contribution in [0, 0.1) is 0 Å². The number of piperazine rings is 1. The van der Waals surface area contributed by atoms with Gasteiger partial charge in [0.1, 0.15) is 0 Å². The molecule has 18 heavy (non-hydrogen) atoms. The number of fused-ring (bicyclic) bond motifs is 1. The highest BCUT2D eigenvalue weighted by molar-refractivity contribution is 6.31. The zero-order valence-corrected chi connectivity index (χ0v) is 11.7. The van der Waals surface area contributed by atoms with E-state index in [0.29, 0.717) is 6.04 Å². The van der Waals surface area contributed by atoms with E-state index in [-0.39, 0.29) is 0 Å². The van der Waals surface area contributed by atoms with E-state index in [4.69, 9.17) is 11.6 Å². The normalized spacial score (nSPS) is 29.4. The van der Waals surface area contributed by atoms with Crippen LogP contribution in [-0.4, -0.2) is 41.5 Å². The molecule has 0 amide bonds. The molecule has 2 atom stereocenters. The van der Waals surface area contributed by atoms with Crippen LogP contribution >= 0.6 is 11.6 Å². The van der Waals surface area contributed by atoms with Gasteiger partial charge in [-0.1, -0.05) is 29.8 Å². The number of rotatable bonds is 2. The Morgan fingerprint density at radius 1 is 1.22 bits per heavy atom. The molecule has 0 aliphatic carbocycles. The van der Waals surface area contributed by atoms with Gasteiger partial charge in [0.15, 0.2) is 0 Å². The third kappa shape index (κ3) is 2.29. The fourth-order valence-electron chi connectivity index (χ4n) is 3.45. The van der Waals surface area contributed by atoms with E-state index in [2.05, 4.69) is 28.9 Å². The van der Waals surface area contributed by atoms with Crippen LogP contribution in [0.2, 0.25) is 5.02 Å². The summed E-state index contributed by atoms with van der Waals surface area (Å²) in [5, 5.41) is 0.901. The van der Waals surface area contributed by atoms with Gasteiger partial charge >= 0.3 is 0 Å². The van der Waals surface area contributed by atoms with Crippen molar-refractivity contribution < 1.29 is 0 Å². The van der Waals surface area contributed by atoms with Crippen molar-refractivity contribution in [3.05, 3.63) is 34.9 Å². The van der Waals surface area contributed by atoms with Crippen LogP contribution in [-0.2, 0) is 6.54 Å². The largest absolute Gasteiger partial charge is 0.298 e. The third-order valence-electron chi connectivity index (χ3n) is 4.55. The van der Waals surface area contributed by atoms with Crippen LogP contribution in [0.5, 0.6) is 0 Å². The van der Waals surface area contributed by atoms with Crippen molar-refractivity contribution in [2.75, 3.05) is 19.6 Å². The molecule has 3 heteroatoms. The Labute approximate surface area is 115 Å². The van der Waals surface area contributed by atoms with Gasteiger partial charge in [-0.05, 0) is 37.9 Å². The molecule has 2 fully saturated rings. The van der Waals surface area contributed by atoms with E-state index in [1.165, 1.54) is 38.0 Å². The number of benzene rings is 1. The van der Waals surface area contributed by atoms with E-state index >= 15 is 0 Å². The summed E-state index contributed by atoms with van der Waals surface area (Å²) in [5.74, 6) is 0. The molecular formula is C15H21ClN2. The second-order valence-electron chi connectivity index (χ2n) is 5.55. The SMILES string of the molecule is C[C@H]1[C@H]2CCCN2CCN1Cc1ccccc1Cl. The molecule has 1 aromatic rings. The molecule has 0 spiro atoms.